The van der Waals surface area contributed by atoms with Gasteiger partial charge in [0.1, 0.15) is 5.75 Å². The minimum Gasteiger partial charge on any atom is -0.508 e. The van der Waals surface area contributed by atoms with Gasteiger partial charge in [-0.05, 0) is 69.3 Å². The molecule has 0 aromatic heterocycles. The fraction of sp³-hybridized carbons (Fsp3) is 0.625. The number of phenols is 1. The van der Waals surface area contributed by atoms with Crippen LogP contribution in [0.15, 0.2) is 18.2 Å². The number of ether oxygens (including phenoxy) is 1. The lowest BCUT2D eigenvalue weighted by Crippen LogP contribution is -2.26. The van der Waals surface area contributed by atoms with Gasteiger partial charge in [-0.15, -0.1) is 0 Å². The van der Waals surface area contributed by atoms with Crippen LogP contribution in [0.25, 0.3) is 0 Å². The van der Waals surface area contributed by atoms with Crippen LogP contribution in [0, 0.1) is 0 Å². The second-order valence-electron chi connectivity index (χ2n) is 5.56. The molecule has 1 aliphatic rings. The van der Waals surface area contributed by atoms with E-state index in [1.165, 1.54) is 24.0 Å². The number of rotatable bonds is 6. The first-order valence-electron chi connectivity index (χ1n) is 7.33. The monoisotopic (exact) mass is 263 g/mol. The van der Waals surface area contributed by atoms with Gasteiger partial charge in [-0.1, -0.05) is 6.07 Å². The van der Waals surface area contributed by atoms with Crippen LogP contribution in [-0.4, -0.2) is 24.4 Å². The largest absolute Gasteiger partial charge is 0.508 e. The van der Waals surface area contributed by atoms with Crippen molar-refractivity contribution < 1.29 is 9.84 Å². The molecule has 106 valence electrons. The molecule has 3 heteroatoms. The van der Waals surface area contributed by atoms with E-state index >= 15 is 0 Å². The van der Waals surface area contributed by atoms with Gasteiger partial charge in [0.15, 0.2) is 0 Å². The molecule has 3 nitrogen and oxygen atoms in total. The summed E-state index contributed by atoms with van der Waals surface area (Å²) >= 11 is 0. The molecule has 0 radical (unpaired) electrons. The fourth-order valence-corrected chi connectivity index (χ4v) is 2.68. The zero-order chi connectivity index (χ0) is 13.7. The van der Waals surface area contributed by atoms with E-state index < -0.39 is 0 Å². The highest BCUT2D eigenvalue weighted by atomic mass is 16.5. The van der Waals surface area contributed by atoms with Gasteiger partial charge >= 0.3 is 0 Å². The summed E-state index contributed by atoms with van der Waals surface area (Å²) < 4.78 is 5.54. The summed E-state index contributed by atoms with van der Waals surface area (Å²) in [7, 11) is 0. The van der Waals surface area contributed by atoms with Crippen LogP contribution in [0.5, 0.6) is 5.75 Å². The van der Waals surface area contributed by atoms with Crippen molar-refractivity contribution in [3.8, 4) is 5.75 Å². The standard InChI is InChI=1S/C16H25NO2/c1-12(2)19-10-4-9-17-16-6-3-5-13-11-14(18)7-8-15(13)16/h7-8,11-12,16-18H,3-6,9-10H2,1-2H3. The topological polar surface area (TPSA) is 41.5 Å². The van der Waals surface area contributed by atoms with Crippen LogP contribution in [0.1, 0.15) is 50.3 Å². The molecule has 0 bridgehead atoms. The van der Waals surface area contributed by atoms with Gasteiger partial charge in [-0.2, -0.15) is 0 Å². The molecule has 0 amide bonds. The van der Waals surface area contributed by atoms with Gasteiger partial charge in [0, 0.05) is 12.6 Å². The maximum Gasteiger partial charge on any atom is 0.115 e. The Labute approximate surface area is 116 Å². The summed E-state index contributed by atoms with van der Waals surface area (Å²) in [6.07, 6.45) is 4.82. The van der Waals surface area contributed by atoms with Gasteiger partial charge in [-0.3, -0.25) is 0 Å². The van der Waals surface area contributed by atoms with E-state index in [1.807, 2.05) is 6.07 Å². The van der Waals surface area contributed by atoms with Crippen molar-refractivity contribution in [3.63, 3.8) is 0 Å². The molecular weight excluding hydrogens is 238 g/mol. The molecule has 1 atom stereocenters. The molecule has 19 heavy (non-hydrogen) atoms. The SMILES string of the molecule is CC(C)OCCCNC1CCCc2cc(O)ccc21. The summed E-state index contributed by atoms with van der Waals surface area (Å²) in [5.41, 5.74) is 2.65. The number of fused-ring (bicyclic) bond motifs is 1. The molecule has 2 N–H and O–H groups in total. The van der Waals surface area contributed by atoms with Crippen molar-refractivity contribution in [2.75, 3.05) is 13.2 Å². The molecule has 0 aliphatic heterocycles. The highest BCUT2D eigenvalue weighted by molar-refractivity contribution is 5.38. The summed E-state index contributed by atoms with van der Waals surface area (Å²) in [4.78, 5) is 0. The number of nitrogens with one attached hydrogen (secondary N) is 1. The lowest BCUT2D eigenvalue weighted by molar-refractivity contribution is 0.0766. The molecule has 1 aliphatic carbocycles. The van der Waals surface area contributed by atoms with E-state index in [0.717, 1.165) is 26.0 Å². The van der Waals surface area contributed by atoms with Crippen LogP contribution >= 0.6 is 0 Å². The molecule has 0 spiro atoms. The molecule has 0 saturated heterocycles. The van der Waals surface area contributed by atoms with Crippen molar-refractivity contribution in [2.45, 2.75) is 51.7 Å². The van der Waals surface area contributed by atoms with Crippen LogP contribution in [0.2, 0.25) is 0 Å². The Hall–Kier alpha value is -1.06. The van der Waals surface area contributed by atoms with Gasteiger partial charge in [0.25, 0.3) is 0 Å². The molecule has 0 heterocycles. The maximum atomic E-state index is 9.54. The molecule has 1 unspecified atom stereocenters. The molecule has 2 rings (SSSR count). The van der Waals surface area contributed by atoms with Crippen molar-refractivity contribution in [1.29, 1.82) is 0 Å². The van der Waals surface area contributed by atoms with E-state index in [4.69, 9.17) is 4.74 Å². The lowest BCUT2D eigenvalue weighted by atomic mass is 9.87. The van der Waals surface area contributed by atoms with Crippen LogP contribution < -0.4 is 5.32 Å². The number of hydrogen-bond donors (Lipinski definition) is 2. The predicted molar refractivity (Wildman–Crippen MR) is 77.5 cm³/mol. The Bertz CT molecular complexity index is 404. The Morgan fingerprint density at radius 2 is 2.26 bits per heavy atom. The van der Waals surface area contributed by atoms with Gasteiger partial charge in [0.05, 0.1) is 6.10 Å². The number of aryl methyl sites for hydroxylation is 1. The van der Waals surface area contributed by atoms with Crippen LogP contribution in [0.3, 0.4) is 0 Å². The molecule has 0 saturated carbocycles. The highest BCUT2D eigenvalue weighted by Crippen LogP contribution is 2.31. The van der Waals surface area contributed by atoms with Crippen molar-refractivity contribution in [3.05, 3.63) is 29.3 Å². The molecular formula is C16H25NO2. The average molecular weight is 263 g/mol. The fourth-order valence-electron chi connectivity index (χ4n) is 2.68. The molecule has 1 aromatic carbocycles. The summed E-state index contributed by atoms with van der Waals surface area (Å²) in [6.45, 7) is 5.94. The number of benzene rings is 1. The zero-order valence-electron chi connectivity index (χ0n) is 12.0. The average Bonchev–Trinajstić information content (AvgIpc) is 2.37. The van der Waals surface area contributed by atoms with E-state index in [0.29, 0.717) is 17.9 Å². The molecule has 0 fully saturated rings. The first-order valence-corrected chi connectivity index (χ1v) is 7.33. The van der Waals surface area contributed by atoms with Crippen molar-refractivity contribution >= 4 is 0 Å². The Kier molecular flexibility index (Phi) is 5.23. The Morgan fingerprint density at radius 1 is 1.42 bits per heavy atom. The van der Waals surface area contributed by atoms with Gasteiger partial charge in [0.2, 0.25) is 0 Å². The second kappa shape index (κ2) is 6.92. The van der Waals surface area contributed by atoms with Gasteiger partial charge < -0.3 is 15.2 Å². The van der Waals surface area contributed by atoms with E-state index in [2.05, 4.69) is 25.2 Å². The summed E-state index contributed by atoms with van der Waals surface area (Å²) in [5.74, 6) is 0.379. The zero-order valence-corrected chi connectivity index (χ0v) is 12.0. The minimum absolute atomic E-state index is 0.318. The highest BCUT2D eigenvalue weighted by Gasteiger charge is 2.19. The third kappa shape index (κ3) is 4.22. The summed E-state index contributed by atoms with van der Waals surface area (Å²) in [5, 5.41) is 13.1. The quantitative estimate of drug-likeness (QED) is 0.775. The first-order chi connectivity index (χ1) is 9.16. The first kappa shape index (κ1) is 14.4. The van der Waals surface area contributed by atoms with Crippen LogP contribution in [0.4, 0.5) is 0 Å². The maximum absolute atomic E-state index is 9.54. The van der Waals surface area contributed by atoms with E-state index in [1.54, 1.807) is 6.07 Å². The third-order valence-electron chi connectivity index (χ3n) is 3.60. The predicted octanol–water partition coefficient (Wildman–Crippen LogP) is 3.17. The smallest absolute Gasteiger partial charge is 0.115 e. The van der Waals surface area contributed by atoms with E-state index in [9.17, 15) is 5.11 Å². The normalized spacial score (nSPS) is 18.6. The minimum atomic E-state index is 0.318. The molecule has 1 aromatic rings. The lowest BCUT2D eigenvalue weighted by Gasteiger charge is -2.26. The summed E-state index contributed by atoms with van der Waals surface area (Å²) in [6, 6.07) is 6.20. The third-order valence-corrected chi connectivity index (χ3v) is 3.60. The van der Waals surface area contributed by atoms with Gasteiger partial charge in [-0.25, -0.2) is 0 Å². The van der Waals surface area contributed by atoms with Crippen molar-refractivity contribution in [1.82, 2.24) is 5.32 Å². The van der Waals surface area contributed by atoms with E-state index in [-0.39, 0.29) is 0 Å². The number of hydrogen-bond acceptors (Lipinski definition) is 3. The number of aromatic hydroxyl groups is 1. The second-order valence-corrected chi connectivity index (χ2v) is 5.56. The Balaban J connectivity index is 1.82. The van der Waals surface area contributed by atoms with Crippen molar-refractivity contribution in [2.24, 2.45) is 0 Å². The Morgan fingerprint density at radius 3 is 3.05 bits per heavy atom. The van der Waals surface area contributed by atoms with Crippen LogP contribution in [-0.2, 0) is 11.2 Å². The number of phenolic OH excluding ortho intramolecular Hbond substituents is 1.